The van der Waals surface area contributed by atoms with Crippen molar-refractivity contribution in [3.63, 3.8) is 0 Å². The summed E-state index contributed by atoms with van der Waals surface area (Å²) in [7, 11) is 5.04. The molecule has 14 nitrogen and oxygen atoms in total. The number of nitrogens with one attached hydrogen (secondary N) is 2. The molecular weight excluding hydrogens is 1080 g/mol. The maximum atomic E-state index is 12.3. The van der Waals surface area contributed by atoms with Gasteiger partial charge >= 0.3 is 11.9 Å². The Bertz CT molecular complexity index is 2810. The zero-order valence-corrected chi connectivity index (χ0v) is 57.7. The number of esters is 1. The number of hydrogen-bond acceptors (Lipinski definition) is 8. The van der Waals surface area contributed by atoms with Crippen LogP contribution in [0, 0.1) is 20.8 Å². The first-order valence-electron chi connectivity index (χ1n) is 29.7. The summed E-state index contributed by atoms with van der Waals surface area (Å²) in [5.41, 5.74) is 9.08. The summed E-state index contributed by atoms with van der Waals surface area (Å²) in [6, 6.07) is 32.9. The number of nitrogens with zero attached hydrogens (tertiary/aromatic N) is 4. The Morgan fingerprint density at radius 1 is 0.506 bits per heavy atom. The number of aromatic nitrogens is 6. The van der Waals surface area contributed by atoms with Crippen molar-refractivity contribution in [1.82, 2.24) is 29.3 Å². The molecule has 15 heteroatoms. The molecule has 3 N–H and O–H groups in total. The third-order valence-electron chi connectivity index (χ3n) is 10.1. The van der Waals surface area contributed by atoms with Crippen LogP contribution in [0.1, 0.15) is 232 Å². The van der Waals surface area contributed by atoms with Crippen molar-refractivity contribution in [3.8, 4) is 5.88 Å². The number of Topliss-reactive ketones (excluding diaryl/α,β-unsaturated/α-hetero) is 1. The van der Waals surface area contributed by atoms with Crippen LogP contribution in [-0.4, -0.2) is 58.0 Å². The summed E-state index contributed by atoms with van der Waals surface area (Å²) in [5.74, 6) is -0.835. The summed E-state index contributed by atoms with van der Waals surface area (Å²) in [6.07, 6.45) is 3.62. The molecule has 0 fully saturated rings. The summed E-state index contributed by atoms with van der Waals surface area (Å²) in [6.45, 7) is 47.2. The molecule has 83 heavy (non-hydrogen) atoms. The Morgan fingerprint density at radius 2 is 0.867 bits per heavy atom. The van der Waals surface area contributed by atoms with Gasteiger partial charge in [0.2, 0.25) is 5.88 Å². The van der Waals surface area contributed by atoms with Crippen molar-refractivity contribution < 1.29 is 47.6 Å². The number of ether oxygens (including phenoxy) is 1. The topological polar surface area (TPSA) is 191 Å². The number of ketones is 2. The first kappa shape index (κ1) is 89.8. The number of benzene rings is 4. The van der Waals surface area contributed by atoms with E-state index in [2.05, 4.69) is 29.1 Å². The van der Waals surface area contributed by atoms with E-state index in [1.807, 2.05) is 205 Å². The van der Waals surface area contributed by atoms with E-state index in [-0.39, 0.29) is 52.8 Å². The second-order valence-corrected chi connectivity index (χ2v) is 15.4. The number of carboxylic acid groups (broad SMARTS) is 1. The van der Waals surface area contributed by atoms with Gasteiger partial charge in [-0.15, -0.1) is 0 Å². The quantitative estimate of drug-likeness (QED) is 0.0883. The molecule has 0 bridgehead atoms. The van der Waals surface area contributed by atoms with E-state index in [0.717, 1.165) is 59.3 Å². The monoisotopic (exact) mass is 1190 g/mol. The van der Waals surface area contributed by atoms with E-state index in [0.29, 0.717) is 28.3 Å². The smallest absolute Gasteiger partial charge is 0.344 e. The van der Waals surface area contributed by atoms with Gasteiger partial charge in [0.05, 0.1) is 16.8 Å². The summed E-state index contributed by atoms with van der Waals surface area (Å²) in [4.78, 5) is 68.1. The van der Waals surface area contributed by atoms with Gasteiger partial charge in [0.25, 0.3) is 11.1 Å². The molecule has 0 saturated carbocycles. The normalized spacial score (nSPS) is 8.61. The molecule has 0 aliphatic heterocycles. The third-order valence-corrected chi connectivity index (χ3v) is 10.1. The van der Waals surface area contributed by atoms with Gasteiger partial charge in [-0.2, -0.15) is 5.10 Å². The number of rotatable bonds is 10. The average molecular weight is 1190 g/mol. The molecule has 0 amide bonds. The zero-order chi connectivity index (χ0) is 65.1. The molecule has 3 aromatic heterocycles. The van der Waals surface area contributed by atoms with Crippen molar-refractivity contribution in [2.45, 2.75) is 192 Å². The maximum Gasteiger partial charge on any atom is 0.344 e. The van der Waals surface area contributed by atoms with E-state index >= 15 is 0 Å². The molecule has 0 saturated heterocycles. The number of carbonyl (C=O) groups is 4. The molecule has 0 spiro atoms. The van der Waals surface area contributed by atoms with Gasteiger partial charge in [-0.25, -0.2) is 14.3 Å². The van der Waals surface area contributed by atoms with Gasteiger partial charge in [0.15, 0.2) is 11.6 Å². The van der Waals surface area contributed by atoms with Gasteiger partial charge < -0.3 is 14.9 Å². The van der Waals surface area contributed by atoms with Crippen LogP contribution in [0.5, 0.6) is 5.88 Å². The zero-order valence-electron chi connectivity index (χ0n) is 56.3. The van der Waals surface area contributed by atoms with Gasteiger partial charge in [-0.1, -0.05) is 199 Å². The maximum absolute atomic E-state index is 12.3. The predicted octanol–water partition coefficient (Wildman–Crippen LogP) is 17.0. The molecule has 0 aliphatic carbocycles. The molecule has 4 aromatic carbocycles. The van der Waals surface area contributed by atoms with E-state index < -0.39 is 5.97 Å². The first-order valence-corrected chi connectivity index (χ1v) is 29.7. The Labute approximate surface area is 513 Å². The molecule has 7 rings (SSSR count). The summed E-state index contributed by atoms with van der Waals surface area (Å²) >= 11 is 0. The van der Waals surface area contributed by atoms with Crippen LogP contribution in [-0.2, 0) is 65.4 Å². The van der Waals surface area contributed by atoms with Crippen molar-refractivity contribution in [2.24, 2.45) is 21.1 Å². The van der Waals surface area contributed by atoms with E-state index in [4.69, 9.17) is 9.84 Å². The number of carbonyl (C=O) groups excluding carboxylic acids is 3. The second kappa shape index (κ2) is 56.8. The second-order valence-electron chi connectivity index (χ2n) is 15.4. The minimum absolute atomic E-state index is 0. The number of carboxylic acids is 1. The molecule has 0 unspecified atom stereocenters. The van der Waals surface area contributed by atoms with Crippen LogP contribution in [0.15, 0.2) is 119 Å². The summed E-state index contributed by atoms with van der Waals surface area (Å²) in [5, 5.41) is 18.4. The standard InChI is InChI=1S/2C14H16N2O2.C10H12O.C9H10O2.C5H8N2O.8C2H6.V/c1-4-11-6-5-7-12(9-11)14(17)18-13-8-10(2)15-16(13)3;1-4-10-6-5-7-11(8-10)13(17)12-9(2)15-16(3)14(12)18;1-3-9-5-4-6-10(7-9)8(2)11;1-2-7-4-3-5-8(6-7)9(10)11;1-4-3-5(8)7(2)6-4;8*1-2;/h5-9H,4H2,1-3H3;5-8,15H,4H2,1-3H3;4-7H,3H2,1-2H3;3-6H,2H2,1H3,(H,10,11);3,6H,1-2H3;8*1-2H3;. The van der Waals surface area contributed by atoms with Crippen molar-refractivity contribution in [2.75, 3.05) is 0 Å². The fourth-order valence-electron chi connectivity index (χ4n) is 6.35. The fraction of sp³-hybridized carbons (Fsp3) is 0.456. The third kappa shape index (κ3) is 36.2. The molecule has 465 valence electrons. The molecular formula is C68H110N6O8V. The Balaban J connectivity index is -0.000000167. The Kier molecular flexibility index (Phi) is 61.5. The van der Waals surface area contributed by atoms with Crippen LogP contribution >= 0.6 is 0 Å². The van der Waals surface area contributed by atoms with Gasteiger partial charge in [0.1, 0.15) is 5.56 Å². The predicted molar refractivity (Wildman–Crippen MR) is 349 cm³/mol. The van der Waals surface area contributed by atoms with E-state index in [1.54, 1.807) is 82.1 Å². The number of aromatic carboxylic acids is 1. The van der Waals surface area contributed by atoms with Gasteiger partial charge in [-0.05, 0) is 112 Å². The SMILES string of the molecule is CC.CC.CC.CC.CC.CC.CC.CC.CCc1cccc(C(=O)O)c1.CCc1cccc(C(=O)Oc2cc(C)nn2C)c1.CCc1cccc(C(=O)c2c(C)[nH]n(C)c2=O)c1.CCc1cccc(C(C)=O)c1.Cc1cc(=O)n(C)[nH]1.[V]. The van der Waals surface area contributed by atoms with Gasteiger partial charge in [-0.3, -0.25) is 33.6 Å². The number of aryl methyl sites for hydroxylation is 10. The van der Waals surface area contributed by atoms with Crippen molar-refractivity contribution >= 4 is 23.5 Å². The number of H-pyrrole nitrogens is 2. The molecule has 3 heterocycles. The summed E-state index contributed by atoms with van der Waals surface area (Å²) < 4.78 is 9.63. The van der Waals surface area contributed by atoms with Crippen LogP contribution in [0.25, 0.3) is 0 Å². The Morgan fingerprint density at radius 3 is 1.17 bits per heavy atom. The number of aromatic amines is 2. The minimum Gasteiger partial charge on any atom is -0.478 e. The number of hydrogen-bond donors (Lipinski definition) is 3. The van der Waals surface area contributed by atoms with Gasteiger partial charge in [0, 0.05) is 74.3 Å². The average Bonchev–Trinajstić information content (AvgIpc) is 4.12. The van der Waals surface area contributed by atoms with Crippen LogP contribution in [0.2, 0.25) is 0 Å². The van der Waals surface area contributed by atoms with Crippen LogP contribution in [0.3, 0.4) is 0 Å². The minimum atomic E-state index is -0.861. The first-order chi connectivity index (χ1) is 39.3. The van der Waals surface area contributed by atoms with Crippen molar-refractivity contribution in [3.05, 3.63) is 197 Å². The molecule has 7 aromatic rings. The fourth-order valence-corrected chi connectivity index (χ4v) is 6.35. The van der Waals surface area contributed by atoms with Crippen LogP contribution < -0.4 is 15.9 Å². The van der Waals surface area contributed by atoms with E-state index in [9.17, 15) is 28.8 Å². The largest absolute Gasteiger partial charge is 0.478 e. The van der Waals surface area contributed by atoms with E-state index in [1.165, 1.54) is 14.9 Å². The molecule has 0 aliphatic rings. The molecule has 1 radical (unpaired) electrons. The molecule has 0 atom stereocenters. The van der Waals surface area contributed by atoms with Crippen molar-refractivity contribution in [1.29, 1.82) is 0 Å². The Hall–Kier alpha value is -7.03. The van der Waals surface area contributed by atoms with Crippen LogP contribution in [0.4, 0.5) is 0 Å².